The minimum absolute atomic E-state index is 0.0306. The van der Waals surface area contributed by atoms with Crippen LogP contribution >= 0.6 is 15.9 Å². The van der Waals surface area contributed by atoms with Gasteiger partial charge in [0.25, 0.3) is 5.91 Å². The Labute approximate surface area is 142 Å². The van der Waals surface area contributed by atoms with E-state index in [1.165, 1.54) is 0 Å². The van der Waals surface area contributed by atoms with Crippen molar-refractivity contribution in [1.29, 1.82) is 0 Å². The van der Waals surface area contributed by atoms with E-state index in [1.54, 1.807) is 12.4 Å². The minimum Gasteiger partial charge on any atom is -0.483 e. The second-order valence-electron chi connectivity index (χ2n) is 5.03. The first-order valence-corrected chi connectivity index (χ1v) is 7.99. The molecule has 0 unspecified atom stereocenters. The molecule has 1 heterocycles. The molecule has 4 nitrogen and oxygen atoms in total. The molecule has 0 saturated carbocycles. The summed E-state index contributed by atoms with van der Waals surface area (Å²) in [6, 6.07) is 15.6. The number of pyridine rings is 1. The number of amides is 1. The molecule has 23 heavy (non-hydrogen) atoms. The minimum atomic E-state index is -0.172. The van der Waals surface area contributed by atoms with Crippen molar-refractivity contribution >= 4 is 32.6 Å². The summed E-state index contributed by atoms with van der Waals surface area (Å²) in [6.45, 7) is 0.409. The third kappa shape index (κ3) is 3.87. The van der Waals surface area contributed by atoms with E-state index >= 15 is 0 Å². The summed E-state index contributed by atoms with van der Waals surface area (Å²) in [5, 5.41) is 4.98. The lowest BCUT2D eigenvalue weighted by molar-refractivity contribution is -0.123. The maximum absolute atomic E-state index is 11.9. The molecule has 1 aromatic heterocycles. The number of fused-ring (bicyclic) bond motifs is 1. The Kier molecular flexibility index (Phi) is 4.88. The summed E-state index contributed by atoms with van der Waals surface area (Å²) < 4.78 is 6.48. The highest BCUT2D eigenvalue weighted by molar-refractivity contribution is 9.10. The molecule has 116 valence electrons. The number of aromatic nitrogens is 1. The Hall–Kier alpha value is -2.40. The van der Waals surface area contributed by atoms with Crippen LogP contribution in [0.4, 0.5) is 0 Å². The fraction of sp³-hybridized carbons (Fsp3) is 0.111. The van der Waals surface area contributed by atoms with Crippen LogP contribution in [0.1, 0.15) is 5.56 Å². The predicted molar refractivity (Wildman–Crippen MR) is 93.2 cm³/mol. The average Bonchev–Trinajstić information content (AvgIpc) is 2.60. The highest BCUT2D eigenvalue weighted by Gasteiger charge is 2.08. The molecule has 0 spiro atoms. The molecule has 0 fully saturated rings. The van der Waals surface area contributed by atoms with Gasteiger partial charge >= 0.3 is 0 Å². The topological polar surface area (TPSA) is 51.2 Å². The molecular formula is C18H15BrN2O2. The first kappa shape index (κ1) is 15.5. The Morgan fingerprint density at radius 1 is 1.13 bits per heavy atom. The summed E-state index contributed by atoms with van der Waals surface area (Å²) in [4.78, 5) is 15.9. The van der Waals surface area contributed by atoms with Crippen molar-refractivity contribution in [3.05, 3.63) is 71.0 Å². The van der Waals surface area contributed by atoms with E-state index in [-0.39, 0.29) is 12.5 Å². The van der Waals surface area contributed by atoms with Crippen molar-refractivity contribution in [2.24, 2.45) is 0 Å². The van der Waals surface area contributed by atoms with Gasteiger partial charge in [0.2, 0.25) is 0 Å². The number of carbonyl (C=O) groups excluding carboxylic acids is 1. The van der Waals surface area contributed by atoms with Crippen molar-refractivity contribution in [2.45, 2.75) is 6.54 Å². The fourth-order valence-electron chi connectivity index (χ4n) is 2.22. The summed E-state index contributed by atoms with van der Waals surface area (Å²) in [5.41, 5.74) is 0.952. The first-order chi connectivity index (χ1) is 11.2. The summed E-state index contributed by atoms with van der Waals surface area (Å²) in [6.07, 6.45) is 3.42. The van der Waals surface area contributed by atoms with Crippen molar-refractivity contribution in [3.63, 3.8) is 0 Å². The number of carbonyl (C=O) groups is 1. The number of ether oxygens (including phenoxy) is 1. The number of hydrogen-bond acceptors (Lipinski definition) is 3. The number of rotatable bonds is 5. The molecule has 5 heteroatoms. The molecule has 3 aromatic rings. The number of nitrogens with zero attached hydrogens (tertiary/aromatic N) is 1. The summed E-state index contributed by atoms with van der Waals surface area (Å²) in [5.74, 6) is 0.481. The molecule has 1 amide bonds. The van der Waals surface area contributed by atoms with Gasteiger partial charge in [0, 0.05) is 18.9 Å². The Morgan fingerprint density at radius 2 is 2.00 bits per heavy atom. The van der Waals surface area contributed by atoms with Gasteiger partial charge in [0.1, 0.15) is 5.75 Å². The van der Waals surface area contributed by atoms with Gasteiger partial charge < -0.3 is 10.1 Å². The highest BCUT2D eigenvalue weighted by Crippen LogP contribution is 2.32. The van der Waals surface area contributed by atoms with Crippen LogP contribution in [0.25, 0.3) is 10.8 Å². The van der Waals surface area contributed by atoms with Crippen molar-refractivity contribution < 1.29 is 9.53 Å². The standard InChI is InChI=1S/C18H15BrN2O2/c19-18-15-6-2-1-5-14(15)7-8-16(18)23-12-17(22)21-11-13-4-3-9-20-10-13/h1-10H,11-12H2,(H,21,22). The molecule has 2 aromatic carbocycles. The van der Waals surface area contributed by atoms with Crippen molar-refractivity contribution in [3.8, 4) is 5.75 Å². The van der Waals surface area contributed by atoms with Gasteiger partial charge in [-0.05, 0) is 44.4 Å². The van der Waals surface area contributed by atoms with Crippen LogP contribution < -0.4 is 10.1 Å². The molecular weight excluding hydrogens is 356 g/mol. The molecule has 0 saturated heterocycles. The van der Waals surface area contributed by atoms with Gasteiger partial charge in [-0.15, -0.1) is 0 Å². The van der Waals surface area contributed by atoms with Gasteiger partial charge in [-0.3, -0.25) is 9.78 Å². The number of benzene rings is 2. The molecule has 0 bridgehead atoms. The van der Waals surface area contributed by atoms with E-state index in [9.17, 15) is 4.79 Å². The zero-order valence-corrected chi connectivity index (χ0v) is 13.9. The van der Waals surface area contributed by atoms with Crippen LogP contribution in [0.15, 0.2) is 65.4 Å². The molecule has 0 aliphatic rings. The van der Waals surface area contributed by atoms with E-state index in [4.69, 9.17) is 4.74 Å². The van der Waals surface area contributed by atoms with Crippen LogP contribution in [0.2, 0.25) is 0 Å². The molecule has 3 rings (SSSR count). The third-order valence-electron chi connectivity index (χ3n) is 3.40. The second-order valence-corrected chi connectivity index (χ2v) is 5.82. The van der Waals surface area contributed by atoms with E-state index in [0.29, 0.717) is 12.3 Å². The summed E-state index contributed by atoms with van der Waals surface area (Å²) in [7, 11) is 0. The maximum atomic E-state index is 11.9. The normalized spacial score (nSPS) is 10.5. The Balaban J connectivity index is 1.60. The average molecular weight is 371 g/mol. The van der Waals surface area contributed by atoms with Crippen LogP contribution in [-0.2, 0) is 11.3 Å². The molecule has 0 aliphatic heterocycles. The van der Waals surface area contributed by atoms with E-state index < -0.39 is 0 Å². The lowest BCUT2D eigenvalue weighted by Gasteiger charge is -2.10. The van der Waals surface area contributed by atoms with E-state index in [1.807, 2.05) is 48.5 Å². The SMILES string of the molecule is O=C(COc1ccc2ccccc2c1Br)NCc1cccnc1. The maximum Gasteiger partial charge on any atom is 0.258 e. The van der Waals surface area contributed by atoms with Gasteiger partial charge in [-0.25, -0.2) is 0 Å². The molecule has 1 N–H and O–H groups in total. The fourth-order valence-corrected chi connectivity index (χ4v) is 2.83. The lowest BCUT2D eigenvalue weighted by atomic mass is 10.1. The van der Waals surface area contributed by atoms with Crippen molar-refractivity contribution in [2.75, 3.05) is 6.61 Å². The van der Waals surface area contributed by atoms with Gasteiger partial charge in [0.05, 0.1) is 4.47 Å². The molecule has 0 atom stereocenters. The van der Waals surface area contributed by atoms with Crippen LogP contribution in [0.3, 0.4) is 0 Å². The largest absolute Gasteiger partial charge is 0.483 e. The quantitative estimate of drug-likeness (QED) is 0.744. The van der Waals surface area contributed by atoms with Crippen molar-refractivity contribution in [1.82, 2.24) is 10.3 Å². The second kappa shape index (κ2) is 7.24. The Bertz CT molecular complexity index is 822. The zero-order chi connectivity index (χ0) is 16.1. The first-order valence-electron chi connectivity index (χ1n) is 7.20. The predicted octanol–water partition coefficient (Wildman–Crippen LogP) is 3.69. The van der Waals surface area contributed by atoms with Crippen LogP contribution in [-0.4, -0.2) is 17.5 Å². The smallest absolute Gasteiger partial charge is 0.258 e. The number of nitrogens with one attached hydrogen (secondary N) is 1. The van der Waals surface area contributed by atoms with Crippen LogP contribution in [0.5, 0.6) is 5.75 Å². The van der Waals surface area contributed by atoms with Crippen LogP contribution in [0, 0.1) is 0 Å². The molecule has 0 radical (unpaired) electrons. The number of hydrogen-bond donors (Lipinski definition) is 1. The van der Waals surface area contributed by atoms with Gasteiger partial charge in [-0.2, -0.15) is 0 Å². The highest BCUT2D eigenvalue weighted by atomic mass is 79.9. The Morgan fingerprint density at radius 3 is 2.83 bits per heavy atom. The van der Waals surface area contributed by atoms with Gasteiger partial charge in [0.15, 0.2) is 6.61 Å². The number of halogens is 1. The van der Waals surface area contributed by atoms with E-state index in [2.05, 4.69) is 26.2 Å². The molecule has 0 aliphatic carbocycles. The third-order valence-corrected chi connectivity index (χ3v) is 4.22. The lowest BCUT2D eigenvalue weighted by Crippen LogP contribution is -2.28. The summed E-state index contributed by atoms with van der Waals surface area (Å²) >= 11 is 3.54. The van der Waals surface area contributed by atoms with Gasteiger partial charge in [-0.1, -0.05) is 36.4 Å². The zero-order valence-electron chi connectivity index (χ0n) is 12.3. The van der Waals surface area contributed by atoms with E-state index in [0.717, 1.165) is 20.8 Å². The monoisotopic (exact) mass is 370 g/mol.